The molecule has 3 aliphatic rings. The van der Waals surface area contributed by atoms with E-state index in [9.17, 15) is 19.5 Å². The number of aryl methyl sites for hydroxylation is 1. The van der Waals surface area contributed by atoms with Crippen LogP contribution in [0.5, 0.6) is 5.75 Å². The molecule has 47 heavy (non-hydrogen) atoms. The quantitative estimate of drug-likeness (QED) is 0.256. The zero-order valence-electron chi connectivity index (χ0n) is 26.7. The molecule has 244 valence electrons. The minimum atomic E-state index is -2.81. The molecular formula is C35H39N5O6Si. The first kappa shape index (κ1) is 31.2. The lowest BCUT2D eigenvalue weighted by molar-refractivity contribution is -0.146. The number of anilines is 3. The first-order valence-corrected chi connectivity index (χ1v) is 19.1. The Kier molecular flexibility index (Phi) is 7.99. The molecule has 0 saturated carbocycles. The average Bonchev–Trinajstić information content (AvgIpc) is 3.70. The molecule has 11 nitrogen and oxygen atoms in total. The Morgan fingerprint density at radius 2 is 1.72 bits per heavy atom. The van der Waals surface area contributed by atoms with Crippen molar-refractivity contribution < 1.29 is 29.0 Å². The molecule has 12 heteroatoms. The van der Waals surface area contributed by atoms with Crippen LogP contribution in [0.2, 0.25) is 18.6 Å². The van der Waals surface area contributed by atoms with Gasteiger partial charge in [0.2, 0.25) is 0 Å². The van der Waals surface area contributed by atoms with Gasteiger partial charge in [0, 0.05) is 48.5 Å². The monoisotopic (exact) mass is 653 g/mol. The van der Waals surface area contributed by atoms with E-state index in [0.29, 0.717) is 43.1 Å². The van der Waals surface area contributed by atoms with Crippen molar-refractivity contribution in [2.45, 2.75) is 63.2 Å². The van der Waals surface area contributed by atoms with Crippen molar-refractivity contribution in [2.24, 2.45) is 5.92 Å². The second-order valence-corrected chi connectivity index (χ2v) is 17.1. The number of carbonyl (C=O) groups excluding carboxylic acids is 2. The normalized spacial score (nSPS) is 23.7. The highest BCUT2D eigenvalue weighted by Crippen LogP contribution is 2.59. The summed E-state index contributed by atoms with van der Waals surface area (Å²) in [6, 6.07) is 22.9. The van der Waals surface area contributed by atoms with Gasteiger partial charge in [0.05, 0.1) is 29.7 Å². The third-order valence-electron chi connectivity index (χ3n) is 9.73. The molecule has 3 aliphatic heterocycles. The Hall–Kier alpha value is -4.36. The lowest BCUT2D eigenvalue weighted by atomic mass is 9.82. The van der Waals surface area contributed by atoms with Crippen LogP contribution in [-0.2, 0) is 39.4 Å². The van der Waals surface area contributed by atoms with E-state index >= 15 is 0 Å². The number of aromatic nitrogens is 3. The summed E-state index contributed by atoms with van der Waals surface area (Å²) < 4.78 is 14.3. The van der Waals surface area contributed by atoms with E-state index in [1.807, 2.05) is 99.0 Å². The Labute approximate surface area is 274 Å². The summed E-state index contributed by atoms with van der Waals surface area (Å²) in [4.78, 5) is 42.5. The summed E-state index contributed by atoms with van der Waals surface area (Å²) in [6.07, 6.45) is 2.43. The number of nitrogens with zero attached hydrogens (tertiary/aromatic N) is 5. The van der Waals surface area contributed by atoms with E-state index in [1.54, 1.807) is 14.5 Å². The van der Waals surface area contributed by atoms with Crippen molar-refractivity contribution in [3.05, 3.63) is 95.8 Å². The number of rotatable bonds is 9. The van der Waals surface area contributed by atoms with Gasteiger partial charge in [-0.05, 0) is 55.4 Å². The van der Waals surface area contributed by atoms with Crippen LogP contribution >= 0.6 is 0 Å². The molecule has 7 rings (SSSR count). The fourth-order valence-electron chi connectivity index (χ4n) is 7.71. The van der Waals surface area contributed by atoms with Gasteiger partial charge in [-0.3, -0.25) is 19.2 Å². The fourth-order valence-corrected chi connectivity index (χ4v) is 10.3. The third kappa shape index (κ3) is 5.34. The topological polar surface area (TPSA) is 130 Å². The number of fused-ring (bicyclic) bond motifs is 3. The van der Waals surface area contributed by atoms with Crippen molar-refractivity contribution in [3.8, 4) is 5.75 Å². The largest absolute Gasteiger partial charge is 0.482 e. The van der Waals surface area contributed by atoms with Crippen LogP contribution in [0.4, 0.5) is 17.1 Å². The van der Waals surface area contributed by atoms with E-state index in [-0.39, 0.29) is 42.6 Å². The lowest BCUT2D eigenvalue weighted by Crippen LogP contribution is -2.46. The van der Waals surface area contributed by atoms with Gasteiger partial charge in [0.15, 0.2) is 20.5 Å². The van der Waals surface area contributed by atoms with Crippen LogP contribution in [0.1, 0.15) is 30.2 Å². The number of hydrogen-bond acceptors (Lipinski definition) is 8. The van der Waals surface area contributed by atoms with Crippen LogP contribution in [0.25, 0.3) is 0 Å². The maximum Gasteiger partial charge on any atom is 0.269 e. The molecule has 4 heterocycles. The number of hydrogen-bond donors (Lipinski definition) is 2. The number of aliphatic hydroxyl groups excluding tert-OH is 1. The summed E-state index contributed by atoms with van der Waals surface area (Å²) in [5, 5.41) is 17.6. The van der Waals surface area contributed by atoms with Crippen molar-refractivity contribution in [2.75, 3.05) is 23.0 Å². The maximum absolute atomic E-state index is 14.7. The molecule has 1 spiro atoms. The van der Waals surface area contributed by atoms with Crippen LogP contribution in [-0.4, -0.2) is 64.3 Å². The number of para-hydroxylation sites is 3. The van der Waals surface area contributed by atoms with E-state index < -0.39 is 13.9 Å². The van der Waals surface area contributed by atoms with Gasteiger partial charge in [-0.2, -0.15) is 0 Å². The van der Waals surface area contributed by atoms with Crippen molar-refractivity contribution in [1.82, 2.24) is 15.0 Å². The highest BCUT2D eigenvalue weighted by atomic mass is 28.4. The van der Waals surface area contributed by atoms with Gasteiger partial charge in [0.25, 0.3) is 11.8 Å². The summed E-state index contributed by atoms with van der Waals surface area (Å²) in [7, 11) is -2.81. The Morgan fingerprint density at radius 3 is 2.47 bits per heavy atom. The predicted octanol–water partition coefficient (Wildman–Crippen LogP) is 4.30. The van der Waals surface area contributed by atoms with Crippen LogP contribution in [0.3, 0.4) is 0 Å². The van der Waals surface area contributed by atoms with Gasteiger partial charge < -0.3 is 24.3 Å². The maximum atomic E-state index is 14.7. The second kappa shape index (κ2) is 12.0. The molecule has 1 saturated heterocycles. The molecule has 1 aromatic heterocycles. The molecule has 2 N–H and O–H groups in total. The SMILES string of the molecule is C[C@H]1[C@H]([Si](C)(C)O)[C@@H](CCn2cc(CCO)nn2)O[C@]12C(=O)N(Cc1ccc(N3C(=O)COc4ccccc43)cc1)c1ccccc12. The van der Waals surface area contributed by atoms with Crippen LogP contribution < -0.4 is 14.5 Å². The number of aliphatic hydroxyl groups is 1. The highest BCUT2D eigenvalue weighted by molar-refractivity contribution is 6.71. The van der Waals surface area contributed by atoms with E-state index in [2.05, 4.69) is 10.3 Å². The molecule has 0 bridgehead atoms. The Balaban J connectivity index is 1.16. The van der Waals surface area contributed by atoms with E-state index in [1.165, 1.54) is 0 Å². The molecular weight excluding hydrogens is 615 g/mol. The van der Waals surface area contributed by atoms with Crippen molar-refractivity contribution >= 4 is 37.2 Å². The molecule has 0 aliphatic carbocycles. The lowest BCUT2D eigenvalue weighted by Gasteiger charge is -2.32. The number of ether oxygens (including phenoxy) is 2. The van der Waals surface area contributed by atoms with Crippen LogP contribution in [0.15, 0.2) is 79.0 Å². The van der Waals surface area contributed by atoms with Gasteiger partial charge in [-0.1, -0.05) is 54.6 Å². The van der Waals surface area contributed by atoms with Gasteiger partial charge in [0.1, 0.15) is 5.75 Å². The molecule has 3 aromatic carbocycles. The summed E-state index contributed by atoms with van der Waals surface area (Å²) in [5.41, 5.74) is 3.23. The Morgan fingerprint density at radius 1 is 1.00 bits per heavy atom. The predicted molar refractivity (Wildman–Crippen MR) is 178 cm³/mol. The molecule has 0 unspecified atom stereocenters. The minimum Gasteiger partial charge on any atom is -0.482 e. The van der Waals surface area contributed by atoms with Gasteiger partial charge in [-0.15, -0.1) is 5.10 Å². The van der Waals surface area contributed by atoms with E-state index in [4.69, 9.17) is 9.47 Å². The van der Waals surface area contributed by atoms with Crippen LogP contribution in [0, 0.1) is 5.92 Å². The molecule has 1 fully saturated rings. The molecule has 4 atom stereocenters. The zero-order chi connectivity index (χ0) is 32.9. The molecule has 0 radical (unpaired) electrons. The van der Waals surface area contributed by atoms with Gasteiger partial charge in [-0.25, -0.2) is 0 Å². The standard InChI is InChI=1S/C35H39N5O6Si/c1-23-33(47(2,3)44)31(16-18-38-21-25(17-19-41)36-37-38)46-35(23)27-8-4-5-9-28(27)39(34(35)43)20-24-12-14-26(15-13-24)40-29-10-6-7-11-30(29)45-22-32(40)42/h4-15,21,23,31,33,41,44H,16-20,22H2,1-3H3/t23-,31+,33-,35+/m0/s1. The van der Waals surface area contributed by atoms with E-state index in [0.717, 1.165) is 22.5 Å². The minimum absolute atomic E-state index is 0.00107. The number of amides is 2. The highest BCUT2D eigenvalue weighted by Gasteiger charge is 2.66. The summed E-state index contributed by atoms with van der Waals surface area (Å²) in [6.45, 7) is 6.67. The number of benzene rings is 3. The van der Waals surface area contributed by atoms with Crippen molar-refractivity contribution in [1.29, 1.82) is 0 Å². The zero-order valence-corrected chi connectivity index (χ0v) is 27.7. The average molecular weight is 654 g/mol. The van der Waals surface area contributed by atoms with Gasteiger partial charge >= 0.3 is 0 Å². The molecule has 2 amide bonds. The first-order chi connectivity index (χ1) is 22.6. The number of carbonyl (C=O) groups is 2. The van der Waals surface area contributed by atoms with Crippen molar-refractivity contribution in [3.63, 3.8) is 0 Å². The third-order valence-corrected chi connectivity index (χ3v) is 12.2. The summed E-state index contributed by atoms with van der Waals surface area (Å²) in [5.74, 6) is 0.103. The second-order valence-electron chi connectivity index (χ2n) is 13.2. The summed E-state index contributed by atoms with van der Waals surface area (Å²) >= 11 is 0. The Bertz CT molecular complexity index is 1810. The first-order valence-electron chi connectivity index (χ1n) is 16.1. The smallest absolute Gasteiger partial charge is 0.269 e. The fraction of sp³-hybridized carbons (Fsp3) is 0.371. The molecule has 4 aromatic rings.